The lowest BCUT2D eigenvalue weighted by Gasteiger charge is -2.18. The van der Waals surface area contributed by atoms with Gasteiger partial charge in [0.05, 0.1) is 0 Å². The van der Waals surface area contributed by atoms with Crippen molar-refractivity contribution in [1.82, 2.24) is 0 Å². The highest BCUT2D eigenvalue weighted by atomic mass is 16.6. The van der Waals surface area contributed by atoms with Crippen molar-refractivity contribution in [2.24, 2.45) is 17.8 Å². The SMILES string of the molecule is CCC(C)CCCCCCCCCCCCCCCCC(=O)OC[C@H](COC(=O)CCCCCCCCCCCCCCCC(C)C)OC(=O)CCCCCCCCCCC(C)C. The Balaban J connectivity index is 4.26. The van der Waals surface area contributed by atoms with Crippen LogP contribution < -0.4 is 0 Å². The van der Waals surface area contributed by atoms with Gasteiger partial charge in [0.25, 0.3) is 0 Å². The number of carbonyl (C=O) groups excluding carboxylic acids is 3. The molecule has 0 aromatic heterocycles. The van der Waals surface area contributed by atoms with Gasteiger partial charge < -0.3 is 14.2 Å². The van der Waals surface area contributed by atoms with Crippen LogP contribution in [0.5, 0.6) is 0 Å². The Kier molecular flexibility index (Phi) is 47.1. The Hall–Kier alpha value is -1.59. The maximum Gasteiger partial charge on any atom is 0.306 e. The van der Waals surface area contributed by atoms with E-state index in [9.17, 15) is 14.4 Å². The summed E-state index contributed by atoms with van der Waals surface area (Å²) < 4.78 is 16.9. The average Bonchev–Trinajstić information content (AvgIpc) is 3.25. The first kappa shape index (κ1) is 61.4. The summed E-state index contributed by atoms with van der Waals surface area (Å²) in [7, 11) is 0. The fourth-order valence-electron chi connectivity index (χ4n) is 8.61. The molecule has 0 bridgehead atoms. The second-order valence-corrected chi connectivity index (χ2v) is 20.8. The number of unbranched alkanes of at least 4 members (excludes halogenated alkanes) is 32. The predicted molar refractivity (Wildman–Crippen MR) is 270 cm³/mol. The maximum absolute atomic E-state index is 12.8. The van der Waals surface area contributed by atoms with E-state index in [-0.39, 0.29) is 31.1 Å². The zero-order chi connectivity index (χ0) is 46.3. The molecule has 6 heteroatoms. The van der Waals surface area contributed by atoms with Gasteiger partial charge in [-0.1, -0.05) is 273 Å². The fraction of sp³-hybridized carbons (Fsp3) is 0.947. The molecule has 374 valence electrons. The van der Waals surface area contributed by atoms with Crippen LogP contribution in [0.2, 0.25) is 0 Å². The summed E-state index contributed by atoms with van der Waals surface area (Å²) in [6.07, 6.45) is 49.5. The van der Waals surface area contributed by atoms with Crippen LogP contribution in [0, 0.1) is 17.8 Å². The number of hydrogen-bond acceptors (Lipinski definition) is 6. The van der Waals surface area contributed by atoms with E-state index < -0.39 is 6.10 Å². The summed E-state index contributed by atoms with van der Waals surface area (Å²) in [5, 5.41) is 0. The highest BCUT2D eigenvalue weighted by Gasteiger charge is 2.19. The number of esters is 3. The molecule has 0 aliphatic rings. The van der Waals surface area contributed by atoms with E-state index in [4.69, 9.17) is 14.2 Å². The van der Waals surface area contributed by atoms with Gasteiger partial charge in [0, 0.05) is 19.3 Å². The molecule has 0 saturated carbocycles. The monoisotopic (exact) mass is 891 g/mol. The van der Waals surface area contributed by atoms with Crippen molar-refractivity contribution >= 4 is 17.9 Å². The van der Waals surface area contributed by atoms with Crippen LogP contribution in [0.25, 0.3) is 0 Å². The molecule has 0 fully saturated rings. The zero-order valence-electron chi connectivity index (χ0n) is 43.4. The van der Waals surface area contributed by atoms with Gasteiger partial charge in [-0.2, -0.15) is 0 Å². The molecule has 0 rings (SSSR count). The first-order valence-corrected chi connectivity index (χ1v) is 28.1. The summed E-state index contributed by atoms with van der Waals surface area (Å²) in [6.45, 7) is 13.8. The van der Waals surface area contributed by atoms with Crippen LogP contribution in [-0.4, -0.2) is 37.2 Å². The van der Waals surface area contributed by atoms with E-state index in [1.54, 1.807) is 0 Å². The number of carbonyl (C=O) groups is 3. The molecule has 0 radical (unpaired) electrons. The summed E-state index contributed by atoms with van der Waals surface area (Å²) in [4.78, 5) is 38.1. The lowest BCUT2D eigenvalue weighted by molar-refractivity contribution is -0.167. The van der Waals surface area contributed by atoms with Crippen molar-refractivity contribution in [3.05, 3.63) is 0 Å². The van der Waals surface area contributed by atoms with Crippen molar-refractivity contribution in [2.75, 3.05) is 13.2 Å². The van der Waals surface area contributed by atoms with Gasteiger partial charge in [0.15, 0.2) is 6.10 Å². The Bertz CT molecular complexity index is 978. The minimum absolute atomic E-state index is 0.0643. The van der Waals surface area contributed by atoms with Gasteiger partial charge >= 0.3 is 17.9 Å². The Labute approximate surface area is 393 Å². The van der Waals surface area contributed by atoms with E-state index >= 15 is 0 Å². The summed E-state index contributed by atoms with van der Waals surface area (Å²) >= 11 is 0. The molecule has 0 aromatic carbocycles. The molecular weight excluding hydrogens is 781 g/mol. The van der Waals surface area contributed by atoms with Crippen molar-refractivity contribution in [3.63, 3.8) is 0 Å². The molecule has 1 unspecified atom stereocenters. The van der Waals surface area contributed by atoms with Crippen LogP contribution in [-0.2, 0) is 28.6 Å². The van der Waals surface area contributed by atoms with Gasteiger partial charge in [0.2, 0.25) is 0 Å². The molecule has 0 N–H and O–H groups in total. The van der Waals surface area contributed by atoms with Crippen LogP contribution in [0.1, 0.15) is 311 Å². The van der Waals surface area contributed by atoms with Gasteiger partial charge in [-0.05, 0) is 37.0 Å². The lowest BCUT2D eigenvalue weighted by atomic mass is 9.99. The van der Waals surface area contributed by atoms with Crippen LogP contribution in [0.15, 0.2) is 0 Å². The van der Waals surface area contributed by atoms with E-state index in [0.29, 0.717) is 19.3 Å². The third kappa shape index (κ3) is 49.7. The standard InChI is InChI=1S/C57H110O6/c1-7-53(6)45-39-33-27-20-16-12-8-9-13-17-21-28-34-40-46-55(58)61-49-54(63-57(60)48-42-36-30-24-23-26-32-38-44-52(4)5)50-62-56(59)47-41-35-29-22-18-14-10-11-15-19-25-31-37-43-51(2)3/h51-54H,7-50H2,1-6H3/t53?,54-/m1/s1. The highest BCUT2D eigenvalue weighted by Crippen LogP contribution is 2.19. The molecular formula is C57H110O6. The molecule has 0 amide bonds. The summed E-state index contributed by atoms with van der Waals surface area (Å²) in [5.74, 6) is 1.68. The van der Waals surface area contributed by atoms with E-state index in [2.05, 4.69) is 41.5 Å². The lowest BCUT2D eigenvalue weighted by Crippen LogP contribution is -2.30. The van der Waals surface area contributed by atoms with E-state index in [0.717, 1.165) is 75.5 Å². The number of rotatable bonds is 50. The normalized spacial score (nSPS) is 12.6. The quantitative estimate of drug-likeness (QED) is 0.0344. The summed E-state index contributed by atoms with van der Waals surface area (Å²) in [5.41, 5.74) is 0. The Morgan fingerprint density at radius 3 is 0.825 bits per heavy atom. The highest BCUT2D eigenvalue weighted by molar-refractivity contribution is 5.71. The van der Waals surface area contributed by atoms with Gasteiger partial charge in [-0.3, -0.25) is 14.4 Å². The van der Waals surface area contributed by atoms with E-state index in [1.165, 1.54) is 193 Å². The first-order chi connectivity index (χ1) is 30.6. The largest absolute Gasteiger partial charge is 0.462 e. The van der Waals surface area contributed by atoms with Gasteiger partial charge in [0.1, 0.15) is 13.2 Å². The molecule has 0 spiro atoms. The first-order valence-electron chi connectivity index (χ1n) is 28.1. The predicted octanol–water partition coefficient (Wildman–Crippen LogP) is 18.3. The van der Waals surface area contributed by atoms with Crippen molar-refractivity contribution in [1.29, 1.82) is 0 Å². The Morgan fingerprint density at radius 2 is 0.556 bits per heavy atom. The van der Waals surface area contributed by atoms with Crippen molar-refractivity contribution < 1.29 is 28.6 Å². The second-order valence-electron chi connectivity index (χ2n) is 20.8. The third-order valence-electron chi connectivity index (χ3n) is 13.3. The smallest absolute Gasteiger partial charge is 0.306 e. The molecule has 63 heavy (non-hydrogen) atoms. The van der Waals surface area contributed by atoms with Crippen LogP contribution in [0.4, 0.5) is 0 Å². The molecule has 0 heterocycles. The number of hydrogen-bond donors (Lipinski definition) is 0. The average molecular weight is 892 g/mol. The molecule has 2 atom stereocenters. The van der Waals surface area contributed by atoms with Crippen LogP contribution >= 0.6 is 0 Å². The van der Waals surface area contributed by atoms with Crippen molar-refractivity contribution in [3.8, 4) is 0 Å². The van der Waals surface area contributed by atoms with Gasteiger partial charge in [-0.15, -0.1) is 0 Å². The topological polar surface area (TPSA) is 78.9 Å². The molecule has 6 nitrogen and oxygen atoms in total. The molecule has 0 aromatic rings. The maximum atomic E-state index is 12.8. The third-order valence-corrected chi connectivity index (χ3v) is 13.3. The number of ether oxygens (including phenoxy) is 3. The molecule has 0 saturated heterocycles. The van der Waals surface area contributed by atoms with E-state index in [1.807, 2.05) is 0 Å². The minimum atomic E-state index is -0.763. The summed E-state index contributed by atoms with van der Waals surface area (Å²) in [6, 6.07) is 0. The molecule has 0 aliphatic heterocycles. The van der Waals surface area contributed by atoms with Crippen molar-refractivity contribution in [2.45, 2.75) is 317 Å². The fourth-order valence-corrected chi connectivity index (χ4v) is 8.61. The van der Waals surface area contributed by atoms with Gasteiger partial charge in [-0.25, -0.2) is 0 Å². The van der Waals surface area contributed by atoms with Crippen LogP contribution in [0.3, 0.4) is 0 Å². The minimum Gasteiger partial charge on any atom is -0.462 e. The molecule has 0 aliphatic carbocycles. The Morgan fingerprint density at radius 1 is 0.317 bits per heavy atom. The second kappa shape index (κ2) is 48.3. The zero-order valence-corrected chi connectivity index (χ0v) is 43.4.